The van der Waals surface area contributed by atoms with Gasteiger partial charge in [-0.15, -0.1) is 0 Å². The molecule has 0 saturated carbocycles. The maximum atomic E-state index is 12.4. The van der Waals surface area contributed by atoms with E-state index in [0.717, 1.165) is 11.1 Å². The number of rotatable bonds is 6. The van der Waals surface area contributed by atoms with E-state index in [-0.39, 0.29) is 11.6 Å². The molecule has 0 spiro atoms. The van der Waals surface area contributed by atoms with Gasteiger partial charge in [0.15, 0.2) is 0 Å². The molecule has 0 N–H and O–H groups in total. The zero-order valence-electron chi connectivity index (χ0n) is 15.9. The Kier molecular flexibility index (Phi) is 5.54. The van der Waals surface area contributed by atoms with Crippen LogP contribution in [0, 0.1) is 0 Å². The van der Waals surface area contributed by atoms with Crippen LogP contribution in [0.3, 0.4) is 0 Å². The summed E-state index contributed by atoms with van der Waals surface area (Å²) in [5.74, 6) is -0.487. The molecule has 29 heavy (non-hydrogen) atoms. The van der Waals surface area contributed by atoms with Gasteiger partial charge in [0.2, 0.25) is 6.23 Å². The lowest BCUT2D eigenvalue weighted by molar-refractivity contribution is -0.212. The molecule has 0 aliphatic carbocycles. The van der Waals surface area contributed by atoms with Gasteiger partial charge in [-0.3, -0.25) is 4.84 Å². The van der Waals surface area contributed by atoms with Crippen molar-refractivity contribution in [2.75, 3.05) is 0 Å². The van der Waals surface area contributed by atoms with E-state index in [2.05, 4.69) is 4.98 Å². The second-order valence-corrected chi connectivity index (χ2v) is 6.44. The Hall–Kier alpha value is -3.64. The molecular weight excluding hydrogens is 368 g/mol. The van der Waals surface area contributed by atoms with Gasteiger partial charge in [-0.2, -0.15) is 0 Å². The standard InChI is InChI=1S/C23H20N2O4/c1-17-23(29-22(26)20-14-8-9-15-24-20)28-21(19-12-6-3-7-13-19)25(17)27-16-18-10-4-2-5-11-18/h2-15,21H,16H2,1H3. The molecule has 1 aliphatic heterocycles. The highest BCUT2D eigenvalue weighted by molar-refractivity contribution is 5.87. The summed E-state index contributed by atoms with van der Waals surface area (Å²) in [4.78, 5) is 22.5. The van der Waals surface area contributed by atoms with Crippen LogP contribution < -0.4 is 0 Å². The number of hydroxylamine groups is 2. The Bertz CT molecular complexity index is 991. The number of hydrogen-bond acceptors (Lipinski definition) is 6. The third kappa shape index (κ3) is 4.28. The molecule has 0 radical (unpaired) electrons. The Morgan fingerprint density at radius 3 is 2.38 bits per heavy atom. The van der Waals surface area contributed by atoms with Crippen molar-refractivity contribution in [2.24, 2.45) is 0 Å². The predicted octanol–water partition coefficient (Wildman–Crippen LogP) is 4.59. The monoisotopic (exact) mass is 388 g/mol. The minimum Gasteiger partial charge on any atom is -0.433 e. The van der Waals surface area contributed by atoms with Crippen molar-refractivity contribution in [3.63, 3.8) is 0 Å². The summed E-state index contributed by atoms with van der Waals surface area (Å²) in [6.07, 6.45) is 0.974. The van der Waals surface area contributed by atoms with E-state index in [1.807, 2.05) is 60.7 Å². The average Bonchev–Trinajstić information content (AvgIpc) is 3.09. The summed E-state index contributed by atoms with van der Waals surface area (Å²) < 4.78 is 11.4. The van der Waals surface area contributed by atoms with Gasteiger partial charge in [-0.1, -0.05) is 66.7 Å². The lowest BCUT2D eigenvalue weighted by Gasteiger charge is -2.25. The Balaban J connectivity index is 1.56. The zero-order valence-corrected chi connectivity index (χ0v) is 15.9. The van der Waals surface area contributed by atoms with Crippen molar-refractivity contribution < 1.29 is 19.1 Å². The summed E-state index contributed by atoms with van der Waals surface area (Å²) in [6, 6.07) is 24.5. The molecule has 1 unspecified atom stereocenters. The summed E-state index contributed by atoms with van der Waals surface area (Å²) in [6.45, 7) is 2.14. The highest BCUT2D eigenvalue weighted by atomic mass is 16.8. The number of nitrogens with zero attached hydrogens (tertiary/aromatic N) is 2. The van der Waals surface area contributed by atoms with Crippen molar-refractivity contribution in [1.29, 1.82) is 0 Å². The first-order chi connectivity index (χ1) is 14.2. The highest BCUT2D eigenvalue weighted by Crippen LogP contribution is 2.37. The molecular formula is C23H20N2O4. The van der Waals surface area contributed by atoms with Gasteiger partial charge >= 0.3 is 11.9 Å². The van der Waals surface area contributed by atoms with Crippen LogP contribution in [0.1, 0.15) is 34.8 Å². The van der Waals surface area contributed by atoms with E-state index in [9.17, 15) is 4.79 Å². The van der Waals surface area contributed by atoms with Crippen LogP contribution >= 0.6 is 0 Å². The van der Waals surface area contributed by atoms with Crippen LogP contribution in [0.4, 0.5) is 0 Å². The van der Waals surface area contributed by atoms with Crippen LogP contribution in [0.25, 0.3) is 0 Å². The van der Waals surface area contributed by atoms with E-state index in [1.54, 1.807) is 30.2 Å². The number of allylic oxidation sites excluding steroid dienone is 1. The van der Waals surface area contributed by atoms with Gasteiger partial charge in [-0.25, -0.2) is 14.8 Å². The van der Waals surface area contributed by atoms with E-state index < -0.39 is 12.2 Å². The summed E-state index contributed by atoms with van der Waals surface area (Å²) >= 11 is 0. The Morgan fingerprint density at radius 2 is 1.69 bits per heavy atom. The minimum absolute atomic E-state index is 0.0996. The number of aromatic nitrogens is 1. The first-order valence-electron chi connectivity index (χ1n) is 9.24. The quantitative estimate of drug-likeness (QED) is 0.576. The van der Waals surface area contributed by atoms with Gasteiger partial charge in [0.1, 0.15) is 18.0 Å². The van der Waals surface area contributed by atoms with Crippen molar-refractivity contribution in [2.45, 2.75) is 19.8 Å². The molecule has 4 rings (SSSR count). The van der Waals surface area contributed by atoms with Crippen LogP contribution in [0.15, 0.2) is 96.7 Å². The molecule has 1 aliphatic rings. The molecule has 3 aromatic rings. The number of carbonyl (C=O) groups excluding carboxylic acids is 1. The maximum absolute atomic E-state index is 12.4. The van der Waals surface area contributed by atoms with E-state index >= 15 is 0 Å². The molecule has 2 aromatic carbocycles. The minimum atomic E-state index is -0.586. The zero-order chi connectivity index (χ0) is 20.1. The molecule has 0 saturated heterocycles. The Morgan fingerprint density at radius 1 is 1.00 bits per heavy atom. The highest BCUT2D eigenvalue weighted by Gasteiger charge is 2.36. The molecule has 0 fully saturated rings. The number of carbonyl (C=O) groups is 1. The second-order valence-electron chi connectivity index (χ2n) is 6.44. The summed E-state index contributed by atoms with van der Waals surface area (Å²) in [5, 5.41) is 1.63. The fraction of sp³-hybridized carbons (Fsp3) is 0.130. The van der Waals surface area contributed by atoms with Crippen LogP contribution in [-0.4, -0.2) is 16.0 Å². The van der Waals surface area contributed by atoms with Crippen molar-refractivity contribution in [1.82, 2.24) is 10.0 Å². The smallest absolute Gasteiger partial charge is 0.364 e. The average molecular weight is 388 g/mol. The van der Waals surface area contributed by atoms with Gasteiger partial charge in [0, 0.05) is 11.8 Å². The number of benzene rings is 2. The number of pyridine rings is 1. The predicted molar refractivity (Wildman–Crippen MR) is 106 cm³/mol. The fourth-order valence-electron chi connectivity index (χ4n) is 2.92. The van der Waals surface area contributed by atoms with Crippen molar-refractivity contribution >= 4 is 5.97 Å². The van der Waals surface area contributed by atoms with Crippen LogP contribution in [-0.2, 0) is 20.9 Å². The normalized spacial score (nSPS) is 15.9. The second kappa shape index (κ2) is 8.58. The van der Waals surface area contributed by atoms with Crippen molar-refractivity contribution in [3.05, 3.63) is 114 Å². The van der Waals surface area contributed by atoms with E-state index in [0.29, 0.717) is 12.3 Å². The molecule has 0 bridgehead atoms. The number of hydrogen-bond donors (Lipinski definition) is 0. The van der Waals surface area contributed by atoms with Crippen LogP contribution in [0.5, 0.6) is 0 Å². The fourth-order valence-corrected chi connectivity index (χ4v) is 2.92. The van der Waals surface area contributed by atoms with Gasteiger partial charge in [0.25, 0.3) is 0 Å². The molecule has 1 atom stereocenters. The lowest BCUT2D eigenvalue weighted by atomic mass is 10.2. The van der Waals surface area contributed by atoms with Gasteiger partial charge in [0.05, 0.1) is 0 Å². The first-order valence-corrected chi connectivity index (χ1v) is 9.24. The van der Waals surface area contributed by atoms with Crippen molar-refractivity contribution in [3.8, 4) is 0 Å². The van der Waals surface area contributed by atoms with Gasteiger partial charge in [-0.05, 0) is 24.6 Å². The number of esters is 1. The lowest BCUT2D eigenvalue weighted by Crippen LogP contribution is -2.24. The third-order valence-corrected chi connectivity index (χ3v) is 4.41. The topological polar surface area (TPSA) is 60.9 Å². The van der Waals surface area contributed by atoms with Gasteiger partial charge < -0.3 is 9.47 Å². The van der Waals surface area contributed by atoms with E-state index in [4.69, 9.17) is 14.3 Å². The molecule has 6 nitrogen and oxygen atoms in total. The maximum Gasteiger partial charge on any atom is 0.364 e. The summed E-state index contributed by atoms with van der Waals surface area (Å²) in [7, 11) is 0. The molecule has 6 heteroatoms. The Labute approximate surface area is 168 Å². The first kappa shape index (κ1) is 18.7. The largest absolute Gasteiger partial charge is 0.433 e. The molecule has 146 valence electrons. The number of ether oxygens (including phenoxy) is 2. The third-order valence-electron chi connectivity index (χ3n) is 4.41. The SMILES string of the molecule is CC1=C(OC(=O)c2ccccn2)OC(c2ccccc2)N1OCc1ccccc1. The molecule has 2 heterocycles. The van der Waals surface area contributed by atoms with E-state index in [1.165, 1.54) is 6.20 Å². The molecule has 0 amide bonds. The summed E-state index contributed by atoms with van der Waals surface area (Å²) in [5.41, 5.74) is 2.67. The molecule has 1 aromatic heterocycles. The van der Waals surface area contributed by atoms with Crippen LogP contribution in [0.2, 0.25) is 0 Å².